The Balaban J connectivity index is 2.45. The number of hydrogen-bond acceptors (Lipinski definition) is 5. The van der Waals surface area contributed by atoms with Crippen molar-refractivity contribution in [2.45, 2.75) is 24.1 Å². The number of rotatable bonds is 3. The summed E-state index contributed by atoms with van der Waals surface area (Å²) < 4.78 is 4.28. The molecule has 0 aliphatic heterocycles. The van der Waals surface area contributed by atoms with Gasteiger partial charge in [0.1, 0.15) is 16.2 Å². The molecule has 0 spiro atoms. The number of alkyl halides is 1. The lowest BCUT2D eigenvalue weighted by atomic mass is 10.3. The predicted octanol–water partition coefficient (Wildman–Crippen LogP) is 3.11. The van der Waals surface area contributed by atoms with Crippen LogP contribution in [-0.4, -0.2) is 25.5 Å². The molecule has 2 aromatic heterocycles. The van der Waals surface area contributed by atoms with Gasteiger partial charge in [-0.2, -0.15) is 4.37 Å². The van der Waals surface area contributed by atoms with Gasteiger partial charge in [-0.3, -0.25) is 0 Å². The van der Waals surface area contributed by atoms with E-state index < -0.39 is 0 Å². The molecule has 0 bridgehead atoms. The molecule has 2 rings (SSSR count). The van der Waals surface area contributed by atoms with Gasteiger partial charge in [0.25, 0.3) is 0 Å². The smallest absolute Gasteiger partial charge is 0.148 e. The zero-order chi connectivity index (χ0) is 10.8. The van der Waals surface area contributed by atoms with Crippen molar-refractivity contribution in [1.29, 1.82) is 0 Å². The van der Waals surface area contributed by atoms with E-state index in [1.165, 1.54) is 11.5 Å². The van der Waals surface area contributed by atoms with Crippen LogP contribution in [0.5, 0.6) is 0 Å². The second-order valence-corrected chi connectivity index (χ2v) is 5.70. The maximum absolute atomic E-state index is 5.79. The summed E-state index contributed by atoms with van der Waals surface area (Å²) in [5, 5.41) is 2.41. The average Bonchev–Trinajstić information content (AvgIpc) is 2.61. The van der Waals surface area contributed by atoms with E-state index in [2.05, 4.69) is 21.3 Å². The first-order chi connectivity index (χ1) is 7.22. The summed E-state index contributed by atoms with van der Waals surface area (Å²) in [6.07, 6.45) is 1.59. The highest BCUT2D eigenvalue weighted by Crippen LogP contribution is 2.31. The van der Waals surface area contributed by atoms with Gasteiger partial charge in [-0.1, -0.05) is 6.92 Å². The molecule has 0 saturated heterocycles. The van der Waals surface area contributed by atoms with Crippen LogP contribution < -0.4 is 0 Å². The normalized spacial score (nSPS) is 13.3. The predicted molar refractivity (Wildman–Crippen MR) is 66.0 cm³/mol. The molecule has 0 aliphatic rings. The molecular formula is C9H10ClN3S2. The van der Waals surface area contributed by atoms with Crippen molar-refractivity contribution in [3.05, 3.63) is 12.0 Å². The second-order valence-electron chi connectivity index (χ2n) is 3.21. The number of hydrogen-bond donors (Lipinski definition) is 0. The van der Waals surface area contributed by atoms with Gasteiger partial charge in [-0.05, 0) is 18.5 Å². The molecule has 0 aliphatic carbocycles. The van der Waals surface area contributed by atoms with Crippen LogP contribution in [0.4, 0.5) is 0 Å². The van der Waals surface area contributed by atoms with E-state index in [-0.39, 0.29) is 0 Å². The third kappa shape index (κ3) is 2.24. The topological polar surface area (TPSA) is 38.7 Å². The lowest BCUT2D eigenvalue weighted by Gasteiger charge is -2.06. The highest BCUT2D eigenvalue weighted by atomic mass is 35.5. The summed E-state index contributed by atoms with van der Waals surface area (Å²) in [5.74, 6) is 0.618. The molecule has 0 amide bonds. The molecule has 0 fully saturated rings. The first-order valence-electron chi connectivity index (χ1n) is 4.52. The molecular weight excluding hydrogens is 250 g/mol. The quantitative estimate of drug-likeness (QED) is 0.482. The lowest BCUT2D eigenvalue weighted by molar-refractivity contribution is 1.07. The van der Waals surface area contributed by atoms with Crippen LogP contribution in [0.3, 0.4) is 0 Å². The van der Waals surface area contributed by atoms with Crippen LogP contribution >= 0.6 is 34.9 Å². The molecule has 6 heteroatoms. The summed E-state index contributed by atoms with van der Waals surface area (Å²) in [6.45, 7) is 4.07. The van der Waals surface area contributed by atoms with E-state index >= 15 is 0 Å². The summed E-state index contributed by atoms with van der Waals surface area (Å²) in [4.78, 5) is 9.43. The number of aromatic nitrogens is 3. The van der Waals surface area contributed by atoms with Crippen molar-refractivity contribution in [3.63, 3.8) is 0 Å². The monoisotopic (exact) mass is 259 g/mol. The minimum absolute atomic E-state index is 0.351. The van der Waals surface area contributed by atoms with Gasteiger partial charge in [0.2, 0.25) is 0 Å². The highest BCUT2D eigenvalue weighted by molar-refractivity contribution is 8.00. The molecule has 15 heavy (non-hydrogen) atoms. The summed E-state index contributed by atoms with van der Waals surface area (Å²) >= 11 is 8.88. The lowest BCUT2D eigenvalue weighted by Crippen LogP contribution is -1.98. The van der Waals surface area contributed by atoms with Crippen molar-refractivity contribution in [1.82, 2.24) is 14.3 Å². The summed E-state index contributed by atoms with van der Waals surface area (Å²) in [5.41, 5.74) is 1.000. The fraction of sp³-hybridized carbons (Fsp3) is 0.444. The van der Waals surface area contributed by atoms with Crippen LogP contribution in [0.2, 0.25) is 0 Å². The Morgan fingerprint density at radius 1 is 1.53 bits per heavy atom. The average molecular weight is 260 g/mol. The largest absolute Gasteiger partial charge is 0.229 e. The Kier molecular flexibility index (Phi) is 3.43. The fourth-order valence-electron chi connectivity index (χ4n) is 1.20. The zero-order valence-corrected chi connectivity index (χ0v) is 10.8. The van der Waals surface area contributed by atoms with E-state index in [1.807, 2.05) is 6.92 Å². The van der Waals surface area contributed by atoms with E-state index in [9.17, 15) is 0 Å². The number of thioether (sulfide) groups is 1. The second kappa shape index (κ2) is 4.63. The molecule has 0 N–H and O–H groups in total. The van der Waals surface area contributed by atoms with E-state index in [0.29, 0.717) is 11.1 Å². The number of fused-ring (bicyclic) bond motifs is 1. The van der Waals surface area contributed by atoms with Crippen molar-refractivity contribution in [2.75, 3.05) is 5.88 Å². The third-order valence-corrected chi connectivity index (χ3v) is 4.53. The molecule has 80 valence electrons. The van der Waals surface area contributed by atoms with Crippen LogP contribution in [0, 0.1) is 6.92 Å². The molecule has 0 radical (unpaired) electrons. The Morgan fingerprint density at radius 2 is 2.33 bits per heavy atom. The van der Waals surface area contributed by atoms with Crippen molar-refractivity contribution in [3.8, 4) is 0 Å². The Labute approximate surface area is 101 Å². The summed E-state index contributed by atoms with van der Waals surface area (Å²) in [6, 6.07) is 0. The first kappa shape index (κ1) is 11.1. The Bertz CT molecular complexity index is 471. The SMILES string of the molecule is Cc1nsc2ncnc(SC(C)CCl)c12. The van der Waals surface area contributed by atoms with Crippen LogP contribution in [-0.2, 0) is 0 Å². The van der Waals surface area contributed by atoms with E-state index in [1.54, 1.807) is 18.1 Å². The zero-order valence-electron chi connectivity index (χ0n) is 8.40. The highest BCUT2D eigenvalue weighted by Gasteiger charge is 2.12. The Hall–Kier alpha value is -0.390. The molecule has 1 unspecified atom stereocenters. The van der Waals surface area contributed by atoms with Gasteiger partial charge in [0.05, 0.1) is 11.1 Å². The van der Waals surface area contributed by atoms with Crippen molar-refractivity contribution < 1.29 is 0 Å². The molecule has 3 nitrogen and oxygen atoms in total. The minimum atomic E-state index is 0.351. The van der Waals surface area contributed by atoms with E-state index in [0.717, 1.165) is 20.9 Å². The third-order valence-electron chi connectivity index (χ3n) is 1.94. The summed E-state index contributed by atoms with van der Waals surface area (Å²) in [7, 11) is 0. The van der Waals surface area contributed by atoms with Gasteiger partial charge in [-0.25, -0.2) is 9.97 Å². The molecule has 2 heterocycles. The van der Waals surface area contributed by atoms with Gasteiger partial charge in [0, 0.05) is 11.1 Å². The van der Waals surface area contributed by atoms with Crippen molar-refractivity contribution in [2.24, 2.45) is 0 Å². The maximum Gasteiger partial charge on any atom is 0.148 e. The first-order valence-corrected chi connectivity index (χ1v) is 6.70. The molecule has 0 saturated carbocycles. The van der Waals surface area contributed by atoms with Gasteiger partial charge in [-0.15, -0.1) is 23.4 Å². The van der Waals surface area contributed by atoms with Gasteiger partial charge < -0.3 is 0 Å². The molecule has 2 aromatic rings. The van der Waals surface area contributed by atoms with Gasteiger partial charge >= 0.3 is 0 Å². The minimum Gasteiger partial charge on any atom is -0.229 e. The maximum atomic E-state index is 5.79. The Morgan fingerprint density at radius 3 is 3.07 bits per heavy atom. The standard InChI is InChI=1S/C9H10ClN3S2/c1-5(3-10)14-8-7-6(2)13-15-9(7)12-4-11-8/h4-5H,3H2,1-2H3. The fourth-order valence-corrected chi connectivity index (χ4v) is 3.11. The number of halogens is 1. The number of aryl methyl sites for hydroxylation is 1. The molecule has 0 aromatic carbocycles. The molecule has 1 atom stereocenters. The van der Waals surface area contributed by atoms with Gasteiger partial charge in [0.15, 0.2) is 0 Å². The van der Waals surface area contributed by atoms with Crippen LogP contribution in [0.1, 0.15) is 12.6 Å². The van der Waals surface area contributed by atoms with Crippen LogP contribution in [0.25, 0.3) is 10.2 Å². The van der Waals surface area contributed by atoms with E-state index in [4.69, 9.17) is 11.6 Å². The van der Waals surface area contributed by atoms with Crippen molar-refractivity contribution >= 4 is 45.1 Å². The number of nitrogens with zero attached hydrogens (tertiary/aromatic N) is 3. The van der Waals surface area contributed by atoms with Crippen LogP contribution in [0.15, 0.2) is 11.4 Å².